The molecule has 0 saturated carbocycles. The number of rotatable bonds is 10. The predicted octanol–water partition coefficient (Wildman–Crippen LogP) is 2.53. The molecule has 2 atom stereocenters. The molecule has 4 heteroatoms. The second kappa shape index (κ2) is 9.78. The highest BCUT2D eigenvalue weighted by molar-refractivity contribution is 4.94. The van der Waals surface area contributed by atoms with Gasteiger partial charge in [0.05, 0.1) is 6.61 Å². The van der Waals surface area contributed by atoms with Crippen LogP contribution in [0.25, 0.3) is 0 Å². The predicted molar refractivity (Wildman–Crippen MR) is 88.8 cm³/mol. The summed E-state index contributed by atoms with van der Waals surface area (Å²) in [5, 5.41) is 3.75. The van der Waals surface area contributed by atoms with Crippen molar-refractivity contribution in [3.8, 4) is 0 Å². The first-order valence-corrected chi connectivity index (χ1v) is 8.56. The number of piperazine rings is 1. The van der Waals surface area contributed by atoms with Gasteiger partial charge in [-0.2, -0.15) is 0 Å². The molecule has 21 heavy (non-hydrogen) atoms. The maximum Gasteiger partial charge on any atom is 0.0593 e. The number of nitrogens with one attached hydrogen (secondary N) is 1. The molecular weight excluding hydrogens is 264 g/mol. The molecule has 0 aromatic rings. The summed E-state index contributed by atoms with van der Waals surface area (Å²) in [6, 6.07) is 0.646. The smallest absolute Gasteiger partial charge is 0.0593 e. The van der Waals surface area contributed by atoms with Crippen molar-refractivity contribution in [2.24, 2.45) is 5.92 Å². The van der Waals surface area contributed by atoms with Gasteiger partial charge < -0.3 is 14.8 Å². The fourth-order valence-corrected chi connectivity index (χ4v) is 2.99. The first kappa shape index (κ1) is 18.9. The van der Waals surface area contributed by atoms with Crippen molar-refractivity contribution in [1.29, 1.82) is 0 Å². The van der Waals surface area contributed by atoms with Crippen LogP contribution in [-0.2, 0) is 9.47 Å². The molecule has 0 spiro atoms. The first-order chi connectivity index (χ1) is 10.0. The molecule has 1 N–H and O–H groups in total. The van der Waals surface area contributed by atoms with E-state index in [1.165, 1.54) is 12.8 Å². The lowest BCUT2D eigenvalue weighted by molar-refractivity contribution is 0.0325. The Morgan fingerprint density at radius 3 is 2.67 bits per heavy atom. The largest absolute Gasteiger partial charge is 0.385 e. The summed E-state index contributed by atoms with van der Waals surface area (Å²) in [6.07, 6.45) is 3.42. The van der Waals surface area contributed by atoms with Crippen LogP contribution in [0.3, 0.4) is 0 Å². The second-order valence-electron chi connectivity index (χ2n) is 7.01. The van der Waals surface area contributed by atoms with E-state index in [-0.39, 0.29) is 5.54 Å². The van der Waals surface area contributed by atoms with Crippen LogP contribution in [0.1, 0.15) is 47.0 Å². The molecule has 0 aromatic carbocycles. The standard InChI is InChI=1S/C17H36N2O2/c1-6-17(4)14-19(8-11-21-10-7-9-20-5)16(13-18-17)12-15(2)3/h15-16,18H,6-14H2,1-5H3. The third-order valence-corrected chi connectivity index (χ3v) is 4.52. The van der Waals surface area contributed by atoms with E-state index in [1.54, 1.807) is 7.11 Å². The van der Waals surface area contributed by atoms with Crippen LogP contribution in [0.4, 0.5) is 0 Å². The minimum Gasteiger partial charge on any atom is -0.385 e. The monoisotopic (exact) mass is 300 g/mol. The highest BCUT2D eigenvalue weighted by Gasteiger charge is 2.34. The molecule has 1 rings (SSSR count). The number of ether oxygens (including phenoxy) is 2. The number of hydrogen-bond acceptors (Lipinski definition) is 4. The molecule has 0 bridgehead atoms. The van der Waals surface area contributed by atoms with Gasteiger partial charge in [-0.1, -0.05) is 20.8 Å². The molecular formula is C17H36N2O2. The first-order valence-electron chi connectivity index (χ1n) is 8.56. The van der Waals surface area contributed by atoms with E-state index in [4.69, 9.17) is 9.47 Å². The number of nitrogens with zero attached hydrogens (tertiary/aromatic N) is 1. The van der Waals surface area contributed by atoms with Crippen molar-refractivity contribution in [1.82, 2.24) is 10.2 Å². The molecule has 1 aliphatic heterocycles. The summed E-state index contributed by atoms with van der Waals surface area (Å²) < 4.78 is 10.8. The summed E-state index contributed by atoms with van der Waals surface area (Å²) in [5.41, 5.74) is 0.254. The highest BCUT2D eigenvalue weighted by Crippen LogP contribution is 2.22. The van der Waals surface area contributed by atoms with Crippen molar-refractivity contribution in [3.05, 3.63) is 0 Å². The average Bonchev–Trinajstić information content (AvgIpc) is 2.45. The molecule has 126 valence electrons. The fraction of sp³-hybridized carbons (Fsp3) is 1.00. The van der Waals surface area contributed by atoms with E-state index in [0.29, 0.717) is 6.04 Å². The maximum atomic E-state index is 5.75. The van der Waals surface area contributed by atoms with Crippen LogP contribution in [-0.4, -0.2) is 63.0 Å². The van der Waals surface area contributed by atoms with E-state index in [1.807, 2.05) is 0 Å². The lowest BCUT2D eigenvalue weighted by atomic mass is 9.91. The average molecular weight is 300 g/mol. The molecule has 4 nitrogen and oxygen atoms in total. The third-order valence-electron chi connectivity index (χ3n) is 4.52. The molecule has 0 aromatic heterocycles. The molecule has 1 aliphatic rings. The minimum absolute atomic E-state index is 0.254. The molecule has 2 unspecified atom stereocenters. The van der Waals surface area contributed by atoms with E-state index in [0.717, 1.165) is 51.8 Å². The van der Waals surface area contributed by atoms with Gasteiger partial charge in [0.15, 0.2) is 0 Å². The summed E-state index contributed by atoms with van der Waals surface area (Å²) >= 11 is 0. The molecule has 0 amide bonds. The van der Waals surface area contributed by atoms with Gasteiger partial charge in [-0.25, -0.2) is 0 Å². The topological polar surface area (TPSA) is 33.7 Å². The number of methoxy groups -OCH3 is 1. The maximum absolute atomic E-state index is 5.75. The Morgan fingerprint density at radius 2 is 2.05 bits per heavy atom. The Labute approximate surface area is 131 Å². The summed E-state index contributed by atoms with van der Waals surface area (Å²) in [7, 11) is 1.74. The van der Waals surface area contributed by atoms with Crippen LogP contribution in [0, 0.1) is 5.92 Å². The van der Waals surface area contributed by atoms with Gasteiger partial charge in [0.1, 0.15) is 0 Å². The Morgan fingerprint density at radius 1 is 1.29 bits per heavy atom. The van der Waals surface area contributed by atoms with Crippen molar-refractivity contribution in [2.45, 2.75) is 58.5 Å². The number of hydrogen-bond donors (Lipinski definition) is 1. The quantitative estimate of drug-likeness (QED) is 0.629. The second-order valence-corrected chi connectivity index (χ2v) is 7.01. The third kappa shape index (κ3) is 7.09. The summed E-state index contributed by atoms with van der Waals surface area (Å²) in [6.45, 7) is 14.9. The van der Waals surface area contributed by atoms with Crippen molar-refractivity contribution in [3.63, 3.8) is 0 Å². The lowest BCUT2D eigenvalue weighted by Gasteiger charge is -2.46. The van der Waals surface area contributed by atoms with Crippen LogP contribution in [0.2, 0.25) is 0 Å². The molecule has 0 radical (unpaired) electrons. The van der Waals surface area contributed by atoms with Crippen LogP contribution in [0.5, 0.6) is 0 Å². The SMILES string of the molecule is CCC1(C)CN(CCOCCCOC)C(CC(C)C)CN1. The van der Waals surface area contributed by atoms with Gasteiger partial charge in [-0.05, 0) is 32.1 Å². The Balaban J connectivity index is 2.39. The van der Waals surface area contributed by atoms with Crippen LogP contribution >= 0.6 is 0 Å². The van der Waals surface area contributed by atoms with E-state index < -0.39 is 0 Å². The zero-order chi connectivity index (χ0) is 15.7. The Hall–Kier alpha value is -0.160. The minimum atomic E-state index is 0.254. The van der Waals surface area contributed by atoms with Crippen LogP contribution in [0.15, 0.2) is 0 Å². The summed E-state index contributed by atoms with van der Waals surface area (Å²) in [5.74, 6) is 0.743. The van der Waals surface area contributed by atoms with E-state index in [2.05, 4.69) is 37.9 Å². The van der Waals surface area contributed by atoms with Gasteiger partial charge in [-0.3, -0.25) is 4.90 Å². The molecule has 1 saturated heterocycles. The van der Waals surface area contributed by atoms with Gasteiger partial charge in [0.2, 0.25) is 0 Å². The Kier molecular flexibility index (Phi) is 8.79. The fourth-order valence-electron chi connectivity index (χ4n) is 2.99. The summed E-state index contributed by atoms with van der Waals surface area (Å²) in [4.78, 5) is 2.64. The molecule has 0 aliphatic carbocycles. The molecule has 1 fully saturated rings. The zero-order valence-electron chi connectivity index (χ0n) is 14.8. The van der Waals surface area contributed by atoms with Gasteiger partial charge in [-0.15, -0.1) is 0 Å². The van der Waals surface area contributed by atoms with Gasteiger partial charge >= 0.3 is 0 Å². The van der Waals surface area contributed by atoms with Gasteiger partial charge in [0.25, 0.3) is 0 Å². The van der Waals surface area contributed by atoms with Crippen molar-refractivity contribution < 1.29 is 9.47 Å². The highest BCUT2D eigenvalue weighted by atomic mass is 16.5. The normalized spacial score (nSPS) is 27.4. The van der Waals surface area contributed by atoms with Gasteiger partial charge in [0, 0.05) is 51.5 Å². The molecule has 1 heterocycles. The van der Waals surface area contributed by atoms with Crippen molar-refractivity contribution in [2.75, 3.05) is 46.6 Å². The van der Waals surface area contributed by atoms with Crippen molar-refractivity contribution >= 4 is 0 Å². The lowest BCUT2D eigenvalue weighted by Crippen LogP contribution is -2.63. The van der Waals surface area contributed by atoms with E-state index >= 15 is 0 Å². The zero-order valence-corrected chi connectivity index (χ0v) is 14.8. The Bertz CT molecular complexity index is 274. The van der Waals surface area contributed by atoms with E-state index in [9.17, 15) is 0 Å². The van der Waals surface area contributed by atoms with Crippen LogP contribution < -0.4 is 5.32 Å².